The average Bonchev–Trinajstić information content (AvgIpc) is 3.06. The van der Waals surface area contributed by atoms with Crippen LogP contribution in [0, 0.1) is 0 Å². The topological polar surface area (TPSA) is 0 Å². The van der Waals surface area contributed by atoms with Crippen LogP contribution in [0.15, 0.2) is 66.2 Å². The smallest absolute Gasteiger partial charge is 0.0430 e. The molecule has 3 aromatic rings. The van der Waals surface area contributed by atoms with Crippen molar-refractivity contribution in [3.05, 3.63) is 76.7 Å². The Morgan fingerprint density at radius 1 is 0.727 bits per heavy atom. The van der Waals surface area contributed by atoms with E-state index in [9.17, 15) is 0 Å². The van der Waals surface area contributed by atoms with Crippen LogP contribution in [0.4, 0.5) is 0 Å². The third kappa shape index (κ3) is 2.05. The highest BCUT2D eigenvalue weighted by atomic mass is 32.1. The first-order chi connectivity index (χ1) is 10.8. The number of hydrogen-bond donors (Lipinski definition) is 0. The predicted molar refractivity (Wildman–Crippen MR) is 97.2 cm³/mol. The molecule has 0 nitrogen and oxygen atoms in total. The molecule has 108 valence electrons. The molecule has 1 aliphatic rings. The van der Waals surface area contributed by atoms with Gasteiger partial charge in [0, 0.05) is 27.3 Å². The Bertz CT molecular complexity index is 852. The average molecular weight is 302 g/mol. The second kappa shape index (κ2) is 5.26. The Balaban J connectivity index is 2.02. The first kappa shape index (κ1) is 13.5. The minimum atomic E-state index is 1.11. The van der Waals surface area contributed by atoms with Gasteiger partial charge in [0.2, 0.25) is 0 Å². The maximum Gasteiger partial charge on any atom is 0.0430 e. The van der Waals surface area contributed by atoms with Crippen LogP contribution in [0.3, 0.4) is 0 Å². The predicted octanol–water partition coefficient (Wildman–Crippen LogP) is 6.43. The Labute approximate surface area is 135 Å². The molecular weight excluding hydrogens is 284 g/mol. The lowest BCUT2D eigenvalue weighted by molar-refractivity contribution is 1.23. The van der Waals surface area contributed by atoms with Crippen molar-refractivity contribution in [3.8, 4) is 21.6 Å². The molecule has 0 aliphatic heterocycles. The van der Waals surface area contributed by atoms with Crippen molar-refractivity contribution < 1.29 is 0 Å². The molecule has 1 aromatic heterocycles. The standard InChI is InChI=1S/C21H18S/c1-14-13-18-19(15(14)2)20(16-9-5-3-6-10-16)21(22-18)17-11-7-4-8-12-17/h3-12H,13H2,1-2H3. The van der Waals surface area contributed by atoms with Gasteiger partial charge >= 0.3 is 0 Å². The quantitative estimate of drug-likeness (QED) is 0.511. The van der Waals surface area contributed by atoms with Crippen molar-refractivity contribution in [1.82, 2.24) is 0 Å². The summed E-state index contributed by atoms with van der Waals surface area (Å²) in [5.41, 5.74) is 8.53. The third-order valence-corrected chi connectivity index (χ3v) is 5.76. The van der Waals surface area contributed by atoms with Crippen LogP contribution in [-0.4, -0.2) is 0 Å². The van der Waals surface area contributed by atoms with Crippen molar-refractivity contribution in [2.75, 3.05) is 0 Å². The molecule has 0 radical (unpaired) electrons. The van der Waals surface area contributed by atoms with Crippen LogP contribution in [0.1, 0.15) is 24.3 Å². The molecule has 0 atom stereocenters. The van der Waals surface area contributed by atoms with Crippen LogP contribution in [-0.2, 0) is 6.42 Å². The summed E-state index contributed by atoms with van der Waals surface area (Å²) in [6.07, 6.45) is 1.11. The number of fused-ring (bicyclic) bond motifs is 1. The molecule has 1 aliphatic carbocycles. The number of benzene rings is 2. The molecule has 2 aromatic carbocycles. The van der Waals surface area contributed by atoms with E-state index in [1.807, 2.05) is 11.3 Å². The van der Waals surface area contributed by atoms with Gasteiger partial charge in [-0.1, -0.05) is 66.2 Å². The highest BCUT2D eigenvalue weighted by Gasteiger charge is 2.26. The summed E-state index contributed by atoms with van der Waals surface area (Å²) in [7, 11) is 0. The Morgan fingerprint density at radius 2 is 1.32 bits per heavy atom. The van der Waals surface area contributed by atoms with Crippen LogP contribution < -0.4 is 0 Å². The normalized spacial score (nSPS) is 13.5. The van der Waals surface area contributed by atoms with Gasteiger partial charge in [-0.05, 0) is 30.5 Å². The summed E-state index contributed by atoms with van der Waals surface area (Å²) in [5.74, 6) is 0. The summed E-state index contributed by atoms with van der Waals surface area (Å²) in [6, 6.07) is 21.6. The number of rotatable bonds is 2. The van der Waals surface area contributed by atoms with Gasteiger partial charge in [-0.15, -0.1) is 11.3 Å². The minimum Gasteiger partial charge on any atom is -0.139 e. The molecule has 0 unspecified atom stereocenters. The summed E-state index contributed by atoms with van der Waals surface area (Å²) < 4.78 is 0. The van der Waals surface area contributed by atoms with Crippen molar-refractivity contribution in [1.29, 1.82) is 0 Å². The molecule has 1 heteroatoms. The van der Waals surface area contributed by atoms with Gasteiger partial charge in [0.15, 0.2) is 0 Å². The summed E-state index contributed by atoms with van der Waals surface area (Å²) >= 11 is 1.96. The molecule has 0 N–H and O–H groups in total. The van der Waals surface area contributed by atoms with Crippen molar-refractivity contribution >= 4 is 16.9 Å². The van der Waals surface area contributed by atoms with Crippen LogP contribution in [0.25, 0.3) is 27.1 Å². The van der Waals surface area contributed by atoms with Gasteiger partial charge in [-0.3, -0.25) is 0 Å². The highest BCUT2D eigenvalue weighted by Crippen LogP contribution is 2.50. The van der Waals surface area contributed by atoms with E-state index in [2.05, 4.69) is 74.5 Å². The fourth-order valence-corrected chi connectivity index (χ4v) is 4.73. The van der Waals surface area contributed by atoms with Gasteiger partial charge in [-0.25, -0.2) is 0 Å². The molecule has 0 spiro atoms. The Hall–Kier alpha value is -2.12. The van der Waals surface area contributed by atoms with E-state index in [-0.39, 0.29) is 0 Å². The van der Waals surface area contributed by atoms with Crippen molar-refractivity contribution in [2.45, 2.75) is 20.3 Å². The summed E-state index contributed by atoms with van der Waals surface area (Å²) in [4.78, 5) is 2.93. The number of allylic oxidation sites excluding steroid dienone is 2. The van der Waals surface area contributed by atoms with Gasteiger partial charge in [0.1, 0.15) is 0 Å². The van der Waals surface area contributed by atoms with Crippen molar-refractivity contribution in [3.63, 3.8) is 0 Å². The zero-order valence-electron chi connectivity index (χ0n) is 12.9. The maximum absolute atomic E-state index is 2.27. The lowest BCUT2D eigenvalue weighted by Gasteiger charge is -2.09. The van der Waals surface area contributed by atoms with E-state index in [1.54, 1.807) is 0 Å². The molecule has 4 rings (SSSR count). The lowest BCUT2D eigenvalue weighted by atomic mass is 9.95. The molecule has 0 saturated heterocycles. The zero-order chi connectivity index (χ0) is 15.1. The molecule has 0 amide bonds. The monoisotopic (exact) mass is 302 g/mol. The van der Waals surface area contributed by atoms with E-state index in [0.717, 1.165) is 6.42 Å². The van der Waals surface area contributed by atoms with E-state index in [1.165, 1.54) is 43.2 Å². The maximum atomic E-state index is 2.27. The molecule has 0 bridgehead atoms. The van der Waals surface area contributed by atoms with E-state index >= 15 is 0 Å². The lowest BCUT2D eigenvalue weighted by Crippen LogP contribution is -1.85. The number of thiophene rings is 1. The second-order valence-electron chi connectivity index (χ2n) is 5.92. The molecular formula is C21H18S. The fraction of sp³-hybridized carbons (Fsp3) is 0.143. The Morgan fingerprint density at radius 3 is 1.95 bits per heavy atom. The first-order valence-electron chi connectivity index (χ1n) is 7.69. The zero-order valence-corrected chi connectivity index (χ0v) is 13.7. The van der Waals surface area contributed by atoms with Gasteiger partial charge < -0.3 is 0 Å². The first-order valence-corrected chi connectivity index (χ1v) is 8.50. The Kier molecular flexibility index (Phi) is 3.24. The molecule has 22 heavy (non-hydrogen) atoms. The van der Waals surface area contributed by atoms with Crippen molar-refractivity contribution in [2.24, 2.45) is 0 Å². The number of hydrogen-bond acceptors (Lipinski definition) is 1. The SMILES string of the molecule is CC1=C(C)c2c(sc(-c3ccccc3)c2-c2ccccc2)C1. The van der Waals surface area contributed by atoms with Gasteiger partial charge in [-0.2, -0.15) is 0 Å². The highest BCUT2D eigenvalue weighted by molar-refractivity contribution is 7.16. The van der Waals surface area contributed by atoms with Gasteiger partial charge in [0.05, 0.1) is 0 Å². The summed E-state index contributed by atoms with van der Waals surface area (Å²) in [6.45, 7) is 4.54. The van der Waals surface area contributed by atoms with Gasteiger partial charge in [0.25, 0.3) is 0 Å². The van der Waals surface area contributed by atoms with E-state index in [0.29, 0.717) is 0 Å². The minimum absolute atomic E-state index is 1.11. The fourth-order valence-electron chi connectivity index (χ4n) is 3.26. The summed E-state index contributed by atoms with van der Waals surface area (Å²) in [5, 5.41) is 0. The third-order valence-electron chi connectivity index (χ3n) is 4.52. The van der Waals surface area contributed by atoms with Crippen LogP contribution in [0.5, 0.6) is 0 Å². The van der Waals surface area contributed by atoms with E-state index in [4.69, 9.17) is 0 Å². The van der Waals surface area contributed by atoms with E-state index < -0.39 is 0 Å². The molecule has 0 fully saturated rings. The largest absolute Gasteiger partial charge is 0.139 e. The van der Waals surface area contributed by atoms with Crippen LogP contribution >= 0.6 is 11.3 Å². The van der Waals surface area contributed by atoms with Crippen LogP contribution in [0.2, 0.25) is 0 Å². The second-order valence-corrected chi connectivity index (χ2v) is 7.02. The molecule has 0 saturated carbocycles. The molecule has 1 heterocycles.